The van der Waals surface area contributed by atoms with Gasteiger partial charge in [0.15, 0.2) is 0 Å². The fraction of sp³-hybridized carbons (Fsp3) is 1.00. The predicted molar refractivity (Wildman–Crippen MR) is 36.6 cm³/mol. The van der Waals surface area contributed by atoms with Crippen molar-refractivity contribution < 1.29 is 14.5 Å². The number of nitrogens with one attached hydrogen (secondary N) is 1. The van der Waals surface area contributed by atoms with Crippen molar-refractivity contribution in [2.45, 2.75) is 33.0 Å². The molecule has 68 valence electrons. The Morgan fingerprint density at radius 1 is 1.45 bits per heavy atom. The first-order valence-corrected chi connectivity index (χ1v) is 3.08. The Labute approximate surface area is 65.3 Å². The van der Waals surface area contributed by atoms with Crippen molar-refractivity contribution >= 4 is 0 Å². The van der Waals surface area contributed by atoms with Crippen LogP contribution in [-0.2, 0) is 0 Å². The normalized spacial score (nSPS) is 17.8. The van der Waals surface area contributed by atoms with Gasteiger partial charge in [0.1, 0.15) is 6.04 Å². The van der Waals surface area contributed by atoms with Gasteiger partial charge >= 0.3 is 6.18 Å². The van der Waals surface area contributed by atoms with Gasteiger partial charge in [-0.25, -0.2) is 5.43 Å². The summed E-state index contributed by atoms with van der Waals surface area (Å²) in [6.07, 6.45) is -4.40. The first-order chi connectivity index (χ1) is 5.25. The lowest BCUT2D eigenvalue weighted by Gasteiger charge is -2.31. The molecule has 2 nitrogen and oxygen atoms in total. The van der Waals surface area contributed by atoms with Crippen LogP contribution < -0.4 is 11.3 Å². The quantitative estimate of drug-likeness (QED) is 0.462. The van der Waals surface area contributed by atoms with Crippen LogP contribution in [0.1, 0.15) is 22.1 Å². The molecule has 1 unspecified atom stereocenters. The summed E-state index contributed by atoms with van der Waals surface area (Å²) < 4.78 is 43.5. The zero-order valence-electron chi connectivity index (χ0n) is 7.50. The molecule has 0 aliphatic heterocycles. The highest BCUT2D eigenvalue weighted by Gasteiger charge is 2.46. The summed E-state index contributed by atoms with van der Waals surface area (Å²) in [6.45, 7) is 2.36. The van der Waals surface area contributed by atoms with Gasteiger partial charge in [0.2, 0.25) is 0 Å². The molecule has 0 aliphatic rings. The van der Waals surface area contributed by atoms with Crippen LogP contribution in [0.3, 0.4) is 0 Å². The highest BCUT2D eigenvalue weighted by atomic mass is 19.4. The van der Waals surface area contributed by atoms with E-state index in [1.165, 1.54) is 13.8 Å². The number of hydrogen-bond acceptors (Lipinski definition) is 2. The number of hydrazine groups is 1. The van der Waals surface area contributed by atoms with Crippen molar-refractivity contribution in [2.24, 2.45) is 11.3 Å². The van der Waals surface area contributed by atoms with Gasteiger partial charge in [0.05, 0.1) is 0 Å². The van der Waals surface area contributed by atoms with Crippen LogP contribution in [0, 0.1) is 5.41 Å². The molecule has 0 aliphatic carbocycles. The Balaban J connectivity index is 4.56. The Morgan fingerprint density at radius 3 is 2.00 bits per heavy atom. The summed E-state index contributed by atoms with van der Waals surface area (Å²) in [7, 11) is 0. The number of nitrogens with two attached hydrogens (primary N) is 1. The molecule has 0 aromatic rings. The minimum atomic E-state index is -4.40. The zero-order valence-corrected chi connectivity index (χ0v) is 6.50. The van der Waals surface area contributed by atoms with Gasteiger partial charge < -0.3 is 0 Å². The van der Waals surface area contributed by atoms with Crippen molar-refractivity contribution in [2.75, 3.05) is 0 Å². The molecule has 0 fully saturated rings. The molecule has 0 radical (unpaired) electrons. The first-order valence-electron chi connectivity index (χ1n) is 3.78. The Morgan fingerprint density at radius 2 is 1.91 bits per heavy atom. The molecular formula is C6H13F3N2. The Bertz CT molecular complexity index is 146. The average Bonchev–Trinajstić information content (AvgIpc) is 1.85. The maximum absolute atomic E-state index is 12.2. The van der Waals surface area contributed by atoms with E-state index in [9.17, 15) is 13.2 Å². The van der Waals surface area contributed by atoms with Gasteiger partial charge in [-0.1, -0.05) is 20.7 Å². The maximum atomic E-state index is 12.2. The average molecular weight is 171 g/mol. The van der Waals surface area contributed by atoms with Gasteiger partial charge in [-0.2, -0.15) is 13.2 Å². The van der Waals surface area contributed by atoms with Crippen LogP contribution in [0.2, 0.25) is 0 Å². The second-order valence-corrected chi connectivity index (χ2v) is 3.13. The number of hydrogen-bond donors (Lipinski definition) is 2. The third kappa shape index (κ3) is 3.07. The minimum Gasteiger partial charge on any atom is -0.271 e. The highest BCUT2D eigenvalue weighted by Crippen LogP contribution is 2.32. The first kappa shape index (κ1) is 8.80. The van der Waals surface area contributed by atoms with E-state index in [1.54, 1.807) is 5.43 Å². The lowest BCUT2D eigenvalue weighted by molar-refractivity contribution is -0.177. The van der Waals surface area contributed by atoms with Crippen molar-refractivity contribution in [3.05, 3.63) is 0 Å². The summed E-state index contributed by atoms with van der Waals surface area (Å²) in [6, 6.07) is -1.83. The third-order valence-corrected chi connectivity index (χ3v) is 1.28. The van der Waals surface area contributed by atoms with E-state index in [-0.39, 0.29) is 6.90 Å². The van der Waals surface area contributed by atoms with E-state index < -0.39 is 17.6 Å². The molecule has 0 saturated carbocycles. The molecule has 5 heteroatoms. The van der Waals surface area contributed by atoms with Gasteiger partial charge in [-0.05, 0) is 5.41 Å². The molecule has 0 aromatic carbocycles. The van der Waals surface area contributed by atoms with Gasteiger partial charge in [0.25, 0.3) is 0 Å². The zero-order chi connectivity index (χ0) is 9.99. The second kappa shape index (κ2) is 2.98. The molecular weight excluding hydrogens is 157 g/mol. The van der Waals surface area contributed by atoms with Crippen LogP contribution in [0.4, 0.5) is 13.2 Å². The van der Waals surface area contributed by atoms with Crippen molar-refractivity contribution in [1.82, 2.24) is 5.43 Å². The fourth-order valence-electron chi connectivity index (χ4n) is 0.763. The van der Waals surface area contributed by atoms with Crippen molar-refractivity contribution in [3.63, 3.8) is 0 Å². The summed E-state index contributed by atoms with van der Waals surface area (Å²) in [5.41, 5.74) is 0.487. The van der Waals surface area contributed by atoms with E-state index in [4.69, 9.17) is 7.21 Å². The predicted octanol–water partition coefficient (Wildman–Crippen LogP) is 1.43. The molecule has 1 atom stereocenters. The smallest absolute Gasteiger partial charge is 0.271 e. The lowest BCUT2D eigenvalue weighted by Crippen LogP contribution is -2.53. The van der Waals surface area contributed by atoms with E-state index in [1.807, 2.05) is 0 Å². The monoisotopic (exact) mass is 171 g/mol. The molecule has 3 N–H and O–H groups in total. The minimum absolute atomic E-state index is 0.332. The summed E-state index contributed by atoms with van der Waals surface area (Å²) in [5.74, 6) is 4.77. The Hall–Kier alpha value is -0.290. The molecule has 0 spiro atoms. The van der Waals surface area contributed by atoms with E-state index in [0.29, 0.717) is 0 Å². The second-order valence-electron chi connectivity index (χ2n) is 3.13. The summed E-state index contributed by atoms with van der Waals surface area (Å²) in [5, 5.41) is 0. The lowest BCUT2D eigenvalue weighted by atomic mass is 9.87. The molecule has 0 rings (SSSR count). The SMILES string of the molecule is [2H]CC(C)(C)C(NN)C(F)(F)F. The molecule has 11 heavy (non-hydrogen) atoms. The van der Waals surface area contributed by atoms with E-state index >= 15 is 0 Å². The topological polar surface area (TPSA) is 38.0 Å². The molecule has 0 aromatic heterocycles. The Kier molecular flexibility index (Phi) is 2.39. The van der Waals surface area contributed by atoms with E-state index in [0.717, 1.165) is 0 Å². The van der Waals surface area contributed by atoms with Crippen LogP contribution in [0.25, 0.3) is 0 Å². The molecule has 0 saturated heterocycles. The van der Waals surface area contributed by atoms with Crippen molar-refractivity contribution in [1.29, 1.82) is 0 Å². The van der Waals surface area contributed by atoms with Crippen LogP contribution in [0.15, 0.2) is 0 Å². The van der Waals surface area contributed by atoms with Gasteiger partial charge in [-0.3, -0.25) is 5.84 Å². The van der Waals surface area contributed by atoms with Crippen LogP contribution in [0.5, 0.6) is 0 Å². The molecule has 0 heterocycles. The van der Waals surface area contributed by atoms with E-state index in [2.05, 4.69) is 0 Å². The van der Waals surface area contributed by atoms with Crippen molar-refractivity contribution in [3.8, 4) is 0 Å². The van der Waals surface area contributed by atoms with Crippen LogP contribution in [-0.4, -0.2) is 12.2 Å². The summed E-state index contributed by atoms with van der Waals surface area (Å²) in [4.78, 5) is 0. The van der Waals surface area contributed by atoms with Gasteiger partial charge in [0, 0.05) is 1.37 Å². The molecule has 0 bridgehead atoms. The maximum Gasteiger partial charge on any atom is 0.405 e. The summed E-state index contributed by atoms with van der Waals surface area (Å²) >= 11 is 0. The van der Waals surface area contributed by atoms with Gasteiger partial charge in [-0.15, -0.1) is 0 Å². The molecule has 0 amide bonds. The number of rotatable bonds is 1. The number of alkyl halides is 3. The fourth-order valence-corrected chi connectivity index (χ4v) is 0.763. The highest BCUT2D eigenvalue weighted by molar-refractivity contribution is 4.84. The third-order valence-electron chi connectivity index (χ3n) is 1.28. The van der Waals surface area contributed by atoms with Crippen LogP contribution >= 0.6 is 0 Å². The largest absolute Gasteiger partial charge is 0.405 e. The standard InChI is InChI=1S/C6H13F3N2/c1-5(2,3)4(11-10)6(7,8)9/h4,11H,10H2,1-3H3/i1D. The number of halogens is 3.